The molecule has 4 nitrogen and oxygen atoms in total. The molecule has 0 aliphatic carbocycles. The highest BCUT2D eigenvalue weighted by molar-refractivity contribution is 6.04. The van der Waals surface area contributed by atoms with Crippen LogP contribution in [-0.2, 0) is 7.05 Å². The first-order valence-electron chi connectivity index (χ1n) is 7.40. The Bertz CT molecular complexity index is 1040. The predicted octanol–water partition coefficient (Wildman–Crippen LogP) is 4.18. The van der Waals surface area contributed by atoms with Crippen LogP contribution < -0.4 is 0 Å². The molecule has 0 spiro atoms. The highest BCUT2D eigenvalue weighted by Gasteiger charge is 2.12. The van der Waals surface area contributed by atoms with Crippen molar-refractivity contribution in [1.82, 2.24) is 9.55 Å². The number of rotatable bonds is 2. The highest BCUT2D eigenvalue weighted by atomic mass is 16.3. The van der Waals surface area contributed by atoms with Crippen molar-refractivity contribution in [3.63, 3.8) is 0 Å². The SMILES string of the molecule is Cn1c(O)c(C=Nc2cccc3cccnc23)c2ccccc21. The van der Waals surface area contributed by atoms with Crippen molar-refractivity contribution in [2.24, 2.45) is 12.0 Å². The zero-order chi connectivity index (χ0) is 15.8. The second-order valence-electron chi connectivity index (χ2n) is 5.42. The van der Waals surface area contributed by atoms with Crippen LogP contribution in [0.4, 0.5) is 5.69 Å². The number of aromatic nitrogens is 2. The van der Waals surface area contributed by atoms with Crippen LogP contribution in [-0.4, -0.2) is 20.9 Å². The maximum atomic E-state index is 10.4. The van der Waals surface area contributed by atoms with Crippen molar-refractivity contribution in [3.8, 4) is 5.88 Å². The third-order valence-electron chi connectivity index (χ3n) is 4.06. The Morgan fingerprint density at radius 2 is 1.87 bits per heavy atom. The standard InChI is InChI=1S/C19H15N3O/c1-22-17-10-3-2-8-14(17)15(19(22)23)12-21-16-9-4-6-13-7-5-11-20-18(13)16/h2-12,23H,1H3. The lowest BCUT2D eigenvalue weighted by Crippen LogP contribution is -1.86. The summed E-state index contributed by atoms with van der Waals surface area (Å²) >= 11 is 0. The van der Waals surface area contributed by atoms with Crippen molar-refractivity contribution in [3.05, 3.63) is 66.4 Å². The number of aromatic hydroxyl groups is 1. The first-order valence-corrected chi connectivity index (χ1v) is 7.40. The van der Waals surface area contributed by atoms with Gasteiger partial charge in [-0.1, -0.05) is 36.4 Å². The molecule has 0 saturated heterocycles. The average molecular weight is 301 g/mol. The van der Waals surface area contributed by atoms with Crippen molar-refractivity contribution in [2.75, 3.05) is 0 Å². The number of pyridine rings is 1. The van der Waals surface area contributed by atoms with Gasteiger partial charge < -0.3 is 9.67 Å². The number of aryl methyl sites for hydroxylation is 1. The van der Waals surface area contributed by atoms with Gasteiger partial charge in [-0.3, -0.25) is 9.98 Å². The van der Waals surface area contributed by atoms with E-state index in [9.17, 15) is 5.11 Å². The topological polar surface area (TPSA) is 50.4 Å². The highest BCUT2D eigenvalue weighted by Crippen LogP contribution is 2.30. The van der Waals surface area contributed by atoms with E-state index in [0.717, 1.165) is 33.1 Å². The Morgan fingerprint density at radius 3 is 2.78 bits per heavy atom. The van der Waals surface area contributed by atoms with Gasteiger partial charge in [0.05, 0.1) is 22.3 Å². The minimum absolute atomic E-state index is 0.211. The van der Waals surface area contributed by atoms with E-state index < -0.39 is 0 Å². The van der Waals surface area contributed by atoms with Crippen molar-refractivity contribution < 1.29 is 5.11 Å². The molecule has 0 fully saturated rings. The number of hydrogen-bond donors (Lipinski definition) is 1. The lowest BCUT2D eigenvalue weighted by molar-refractivity contribution is 0.434. The first kappa shape index (κ1) is 13.5. The van der Waals surface area contributed by atoms with E-state index in [-0.39, 0.29) is 5.88 Å². The largest absolute Gasteiger partial charge is 0.494 e. The van der Waals surface area contributed by atoms with E-state index in [1.807, 2.05) is 61.6 Å². The number of aliphatic imine (C=N–C) groups is 1. The summed E-state index contributed by atoms with van der Waals surface area (Å²) in [6, 6.07) is 17.7. The Hall–Kier alpha value is -3.14. The molecular weight excluding hydrogens is 286 g/mol. The minimum Gasteiger partial charge on any atom is -0.494 e. The molecule has 0 aliphatic heterocycles. The number of fused-ring (bicyclic) bond motifs is 2. The van der Waals surface area contributed by atoms with Gasteiger partial charge >= 0.3 is 0 Å². The van der Waals surface area contributed by atoms with Gasteiger partial charge in [-0.2, -0.15) is 0 Å². The molecule has 0 saturated carbocycles. The zero-order valence-corrected chi connectivity index (χ0v) is 12.6. The molecular formula is C19H15N3O. The van der Waals surface area contributed by atoms with Crippen LogP contribution in [0.5, 0.6) is 5.88 Å². The molecule has 23 heavy (non-hydrogen) atoms. The van der Waals surface area contributed by atoms with Gasteiger partial charge in [0.25, 0.3) is 0 Å². The van der Waals surface area contributed by atoms with E-state index in [1.165, 1.54) is 0 Å². The molecule has 0 unspecified atom stereocenters. The Morgan fingerprint density at radius 1 is 1.04 bits per heavy atom. The molecule has 1 N–H and O–H groups in total. The van der Waals surface area contributed by atoms with E-state index in [2.05, 4.69) is 9.98 Å². The summed E-state index contributed by atoms with van der Waals surface area (Å²) in [6.07, 6.45) is 3.47. The molecule has 112 valence electrons. The van der Waals surface area contributed by atoms with Gasteiger partial charge in [0.2, 0.25) is 5.88 Å². The van der Waals surface area contributed by atoms with Crippen molar-refractivity contribution >= 4 is 33.7 Å². The van der Waals surface area contributed by atoms with Crippen LogP contribution in [0.25, 0.3) is 21.8 Å². The maximum Gasteiger partial charge on any atom is 0.200 e. The van der Waals surface area contributed by atoms with Gasteiger partial charge in [0.15, 0.2) is 0 Å². The van der Waals surface area contributed by atoms with E-state index in [1.54, 1.807) is 17.0 Å². The van der Waals surface area contributed by atoms with Crippen molar-refractivity contribution in [2.45, 2.75) is 0 Å². The van der Waals surface area contributed by atoms with Crippen LogP contribution in [0.1, 0.15) is 5.56 Å². The van der Waals surface area contributed by atoms with Crippen LogP contribution in [0, 0.1) is 0 Å². The summed E-state index contributed by atoms with van der Waals surface area (Å²) in [5.74, 6) is 0.211. The van der Waals surface area contributed by atoms with Crippen LogP contribution in [0.3, 0.4) is 0 Å². The Labute approximate surface area is 133 Å². The Kier molecular flexibility index (Phi) is 3.08. The summed E-state index contributed by atoms with van der Waals surface area (Å²) in [5, 5.41) is 12.4. The zero-order valence-electron chi connectivity index (χ0n) is 12.6. The molecule has 4 aromatic rings. The molecule has 0 bridgehead atoms. The lowest BCUT2D eigenvalue weighted by Gasteiger charge is -2.00. The molecule has 0 atom stereocenters. The molecule has 2 aromatic carbocycles. The van der Waals surface area contributed by atoms with E-state index in [4.69, 9.17) is 0 Å². The molecule has 2 aromatic heterocycles. The summed E-state index contributed by atoms with van der Waals surface area (Å²) in [5.41, 5.74) is 3.33. The van der Waals surface area contributed by atoms with Gasteiger partial charge in [0.1, 0.15) is 0 Å². The summed E-state index contributed by atoms with van der Waals surface area (Å²) < 4.78 is 1.76. The normalized spacial score (nSPS) is 11.7. The van der Waals surface area contributed by atoms with Gasteiger partial charge in [-0.15, -0.1) is 0 Å². The van der Waals surface area contributed by atoms with Crippen LogP contribution >= 0.6 is 0 Å². The van der Waals surface area contributed by atoms with Crippen LogP contribution in [0.2, 0.25) is 0 Å². The van der Waals surface area contributed by atoms with Gasteiger partial charge in [-0.05, 0) is 18.2 Å². The average Bonchev–Trinajstić information content (AvgIpc) is 2.84. The number of benzene rings is 2. The predicted molar refractivity (Wildman–Crippen MR) is 93.6 cm³/mol. The monoisotopic (exact) mass is 301 g/mol. The molecule has 4 heteroatoms. The number of nitrogens with zero attached hydrogens (tertiary/aromatic N) is 3. The number of hydrogen-bond acceptors (Lipinski definition) is 3. The third kappa shape index (κ3) is 2.16. The second-order valence-corrected chi connectivity index (χ2v) is 5.42. The Balaban J connectivity index is 1.87. The quantitative estimate of drug-likeness (QED) is 0.565. The van der Waals surface area contributed by atoms with E-state index >= 15 is 0 Å². The summed E-state index contributed by atoms with van der Waals surface area (Å²) in [6.45, 7) is 0. The third-order valence-corrected chi connectivity index (χ3v) is 4.06. The molecule has 0 amide bonds. The fraction of sp³-hybridized carbons (Fsp3) is 0.0526. The molecule has 0 aliphatic rings. The molecule has 2 heterocycles. The summed E-state index contributed by atoms with van der Waals surface area (Å²) in [7, 11) is 1.84. The van der Waals surface area contributed by atoms with Gasteiger partial charge in [-0.25, -0.2) is 0 Å². The van der Waals surface area contributed by atoms with E-state index in [0.29, 0.717) is 0 Å². The smallest absolute Gasteiger partial charge is 0.200 e. The summed E-state index contributed by atoms with van der Waals surface area (Å²) in [4.78, 5) is 8.97. The van der Waals surface area contributed by atoms with Crippen molar-refractivity contribution in [1.29, 1.82) is 0 Å². The fourth-order valence-corrected chi connectivity index (χ4v) is 2.86. The second kappa shape index (κ2) is 5.25. The lowest BCUT2D eigenvalue weighted by atomic mass is 10.1. The fourth-order valence-electron chi connectivity index (χ4n) is 2.86. The first-order chi connectivity index (χ1) is 11.3. The molecule has 0 radical (unpaired) electrons. The molecule has 4 rings (SSSR count). The van der Waals surface area contributed by atoms with Gasteiger partial charge in [0, 0.05) is 30.2 Å². The van der Waals surface area contributed by atoms with Crippen LogP contribution in [0.15, 0.2) is 65.8 Å². The minimum atomic E-state index is 0.211. The number of para-hydroxylation sites is 2. The maximum absolute atomic E-state index is 10.4.